The molecule has 0 aliphatic heterocycles. The molecule has 32 heavy (non-hydrogen) atoms. The molecular formula is C26H25FN2O3. The highest BCUT2D eigenvalue weighted by molar-refractivity contribution is 5.89. The second-order valence-electron chi connectivity index (χ2n) is 7.60. The van der Waals surface area contributed by atoms with Gasteiger partial charge in [0.1, 0.15) is 17.3 Å². The van der Waals surface area contributed by atoms with E-state index in [0.29, 0.717) is 13.1 Å². The molecule has 0 aliphatic rings. The number of amides is 1. The number of para-hydroxylation sites is 1. The van der Waals surface area contributed by atoms with Gasteiger partial charge in [-0.1, -0.05) is 30.3 Å². The molecule has 1 N–H and O–H groups in total. The maximum absolute atomic E-state index is 13.1. The molecule has 0 fully saturated rings. The van der Waals surface area contributed by atoms with Crippen molar-refractivity contribution >= 4 is 16.8 Å². The predicted molar refractivity (Wildman–Crippen MR) is 123 cm³/mol. The fourth-order valence-corrected chi connectivity index (χ4v) is 3.79. The Bertz CT molecular complexity index is 1210. The minimum atomic E-state index is -0.290. The van der Waals surface area contributed by atoms with Crippen molar-refractivity contribution in [2.24, 2.45) is 0 Å². The van der Waals surface area contributed by atoms with Crippen molar-refractivity contribution in [3.05, 3.63) is 95.4 Å². The van der Waals surface area contributed by atoms with Crippen molar-refractivity contribution in [2.75, 3.05) is 14.2 Å². The van der Waals surface area contributed by atoms with E-state index in [-0.39, 0.29) is 18.1 Å². The van der Waals surface area contributed by atoms with Gasteiger partial charge in [0.05, 0.1) is 20.6 Å². The summed E-state index contributed by atoms with van der Waals surface area (Å²) in [6.45, 7) is 0.979. The molecule has 1 heterocycles. The Kier molecular flexibility index (Phi) is 6.40. The van der Waals surface area contributed by atoms with Crippen molar-refractivity contribution in [3.63, 3.8) is 0 Å². The van der Waals surface area contributed by atoms with Gasteiger partial charge in [0.15, 0.2) is 0 Å². The van der Waals surface area contributed by atoms with Crippen LogP contribution >= 0.6 is 0 Å². The predicted octanol–water partition coefficient (Wildman–Crippen LogP) is 4.70. The summed E-state index contributed by atoms with van der Waals surface area (Å²) in [5.74, 6) is 1.09. The molecule has 164 valence electrons. The third-order valence-corrected chi connectivity index (χ3v) is 5.39. The van der Waals surface area contributed by atoms with Gasteiger partial charge in [-0.3, -0.25) is 4.79 Å². The maximum atomic E-state index is 13.1. The normalized spacial score (nSPS) is 10.8. The minimum Gasteiger partial charge on any atom is -0.497 e. The van der Waals surface area contributed by atoms with Gasteiger partial charge >= 0.3 is 0 Å². The number of ether oxygens (including phenoxy) is 2. The number of fused-ring (bicyclic) bond motifs is 1. The Hall–Kier alpha value is -3.80. The number of halogens is 1. The number of methoxy groups -OCH3 is 2. The van der Waals surface area contributed by atoms with Crippen LogP contribution in [-0.4, -0.2) is 24.7 Å². The number of hydrogen-bond donors (Lipinski definition) is 1. The fraction of sp³-hybridized carbons (Fsp3) is 0.192. The van der Waals surface area contributed by atoms with Crippen LogP contribution in [0.25, 0.3) is 10.9 Å². The van der Waals surface area contributed by atoms with E-state index in [1.165, 1.54) is 12.1 Å². The topological polar surface area (TPSA) is 52.5 Å². The molecule has 4 aromatic rings. The first-order valence-corrected chi connectivity index (χ1v) is 10.4. The average molecular weight is 432 g/mol. The number of nitrogens with one attached hydrogen (secondary N) is 1. The molecule has 0 spiro atoms. The van der Waals surface area contributed by atoms with E-state index < -0.39 is 0 Å². The van der Waals surface area contributed by atoms with E-state index in [4.69, 9.17) is 9.47 Å². The second kappa shape index (κ2) is 9.56. The Labute approximate surface area is 186 Å². The zero-order chi connectivity index (χ0) is 22.5. The summed E-state index contributed by atoms with van der Waals surface area (Å²) in [5, 5.41) is 3.96. The van der Waals surface area contributed by atoms with E-state index in [9.17, 15) is 9.18 Å². The molecule has 0 saturated carbocycles. The van der Waals surface area contributed by atoms with E-state index in [0.717, 1.165) is 39.1 Å². The van der Waals surface area contributed by atoms with E-state index in [1.807, 2.05) is 48.7 Å². The van der Waals surface area contributed by atoms with Crippen LogP contribution in [0.5, 0.6) is 11.5 Å². The summed E-state index contributed by atoms with van der Waals surface area (Å²) in [6, 6.07) is 20.0. The highest BCUT2D eigenvalue weighted by atomic mass is 19.1. The van der Waals surface area contributed by atoms with Crippen molar-refractivity contribution < 1.29 is 18.7 Å². The van der Waals surface area contributed by atoms with Gasteiger partial charge in [0.2, 0.25) is 5.91 Å². The Morgan fingerprint density at radius 2 is 1.62 bits per heavy atom. The average Bonchev–Trinajstić information content (AvgIpc) is 3.15. The lowest BCUT2D eigenvalue weighted by Gasteiger charge is -2.10. The monoisotopic (exact) mass is 432 g/mol. The molecule has 1 aromatic heterocycles. The van der Waals surface area contributed by atoms with Crippen molar-refractivity contribution in [1.82, 2.24) is 9.88 Å². The molecule has 0 saturated heterocycles. The first kappa shape index (κ1) is 21.4. The highest BCUT2D eigenvalue weighted by Gasteiger charge is 2.13. The Morgan fingerprint density at radius 1 is 0.938 bits per heavy atom. The molecular weight excluding hydrogens is 407 g/mol. The van der Waals surface area contributed by atoms with Gasteiger partial charge in [-0.05, 0) is 47.0 Å². The van der Waals surface area contributed by atoms with Crippen LogP contribution in [-0.2, 0) is 24.3 Å². The van der Waals surface area contributed by atoms with Crippen LogP contribution < -0.4 is 14.8 Å². The van der Waals surface area contributed by atoms with Gasteiger partial charge in [0.25, 0.3) is 0 Å². The SMILES string of the molecule is COc1cc(Cn2cc(CC(=O)NCc3ccc(F)cc3)c3ccccc32)cc(OC)c1. The minimum absolute atomic E-state index is 0.0831. The summed E-state index contributed by atoms with van der Waals surface area (Å²) in [6.07, 6.45) is 2.28. The smallest absolute Gasteiger partial charge is 0.224 e. The molecule has 6 heteroatoms. The number of nitrogens with zero attached hydrogens (tertiary/aromatic N) is 1. The van der Waals surface area contributed by atoms with Crippen molar-refractivity contribution in [2.45, 2.75) is 19.5 Å². The van der Waals surface area contributed by atoms with Gasteiger partial charge in [-0.15, -0.1) is 0 Å². The van der Waals surface area contributed by atoms with Crippen LogP contribution in [0.3, 0.4) is 0 Å². The molecule has 4 rings (SSSR count). The largest absolute Gasteiger partial charge is 0.497 e. The highest BCUT2D eigenvalue weighted by Crippen LogP contribution is 2.26. The lowest BCUT2D eigenvalue weighted by Crippen LogP contribution is -2.24. The third-order valence-electron chi connectivity index (χ3n) is 5.39. The van der Waals surface area contributed by atoms with Gasteiger partial charge in [0, 0.05) is 36.3 Å². The van der Waals surface area contributed by atoms with Crippen LogP contribution in [0.1, 0.15) is 16.7 Å². The molecule has 1 amide bonds. The summed E-state index contributed by atoms with van der Waals surface area (Å²) in [4.78, 5) is 12.6. The number of hydrogen-bond acceptors (Lipinski definition) is 3. The molecule has 0 radical (unpaired) electrons. The number of carbonyl (C=O) groups is 1. The van der Waals surface area contributed by atoms with Crippen LogP contribution in [0, 0.1) is 5.82 Å². The zero-order valence-electron chi connectivity index (χ0n) is 18.1. The first-order chi connectivity index (χ1) is 15.6. The molecule has 0 bridgehead atoms. The number of rotatable bonds is 8. The van der Waals surface area contributed by atoms with E-state index in [2.05, 4.69) is 9.88 Å². The van der Waals surface area contributed by atoms with E-state index in [1.54, 1.807) is 26.4 Å². The van der Waals surface area contributed by atoms with Gasteiger partial charge in [-0.2, -0.15) is 0 Å². The van der Waals surface area contributed by atoms with Crippen LogP contribution in [0.15, 0.2) is 72.9 Å². The van der Waals surface area contributed by atoms with Crippen molar-refractivity contribution in [3.8, 4) is 11.5 Å². The lowest BCUT2D eigenvalue weighted by molar-refractivity contribution is -0.120. The van der Waals surface area contributed by atoms with Crippen LogP contribution in [0.2, 0.25) is 0 Å². The standard InChI is InChI=1S/C26H25FN2O3/c1-31-22-11-19(12-23(14-22)32-2)16-29-17-20(24-5-3-4-6-25(24)29)13-26(30)28-15-18-7-9-21(27)10-8-18/h3-12,14,17H,13,15-16H2,1-2H3,(H,28,30). The van der Waals surface area contributed by atoms with Gasteiger partial charge < -0.3 is 19.4 Å². The number of aromatic nitrogens is 1. The number of carbonyl (C=O) groups excluding carboxylic acids is 1. The molecule has 5 nitrogen and oxygen atoms in total. The second-order valence-corrected chi connectivity index (χ2v) is 7.60. The fourth-order valence-electron chi connectivity index (χ4n) is 3.79. The quantitative estimate of drug-likeness (QED) is 0.439. The lowest BCUT2D eigenvalue weighted by atomic mass is 10.1. The zero-order valence-corrected chi connectivity index (χ0v) is 18.1. The Morgan fingerprint density at radius 3 is 2.31 bits per heavy atom. The van der Waals surface area contributed by atoms with E-state index >= 15 is 0 Å². The van der Waals surface area contributed by atoms with Crippen LogP contribution in [0.4, 0.5) is 4.39 Å². The van der Waals surface area contributed by atoms with Gasteiger partial charge in [-0.25, -0.2) is 4.39 Å². The maximum Gasteiger partial charge on any atom is 0.224 e. The summed E-state index contributed by atoms with van der Waals surface area (Å²) < 4.78 is 26.0. The Balaban J connectivity index is 1.53. The molecule has 3 aromatic carbocycles. The molecule has 0 unspecified atom stereocenters. The summed E-state index contributed by atoms with van der Waals surface area (Å²) in [7, 11) is 3.26. The first-order valence-electron chi connectivity index (χ1n) is 10.4. The molecule has 0 aliphatic carbocycles. The van der Waals surface area contributed by atoms with Crippen molar-refractivity contribution in [1.29, 1.82) is 0 Å². The molecule has 0 atom stereocenters. The third kappa shape index (κ3) is 4.91. The summed E-state index contributed by atoms with van der Waals surface area (Å²) in [5.41, 5.74) is 3.89. The number of benzene rings is 3. The summed E-state index contributed by atoms with van der Waals surface area (Å²) >= 11 is 0.